The van der Waals surface area contributed by atoms with E-state index in [1.165, 1.54) is 12.8 Å². The first-order valence-electron chi connectivity index (χ1n) is 13.2. The van der Waals surface area contributed by atoms with Crippen molar-refractivity contribution in [2.45, 2.75) is 80.6 Å². The van der Waals surface area contributed by atoms with Crippen LogP contribution >= 0.6 is 0 Å². The Balaban J connectivity index is 1.31. The third-order valence-electron chi connectivity index (χ3n) is 10.2. The van der Waals surface area contributed by atoms with Gasteiger partial charge in [0.05, 0.1) is 17.1 Å². The van der Waals surface area contributed by atoms with Gasteiger partial charge in [-0.3, -0.25) is 9.47 Å². The molecule has 2 aromatic rings. The largest absolute Gasteiger partial charge is 0.504 e. The summed E-state index contributed by atoms with van der Waals surface area (Å²) in [5.74, 6) is 1.55. The van der Waals surface area contributed by atoms with E-state index in [2.05, 4.69) is 4.90 Å². The van der Waals surface area contributed by atoms with E-state index in [-0.39, 0.29) is 29.6 Å². The quantitative estimate of drug-likeness (QED) is 0.509. The van der Waals surface area contributed by atoms with Gasteiger partial charge in [0.2, 0.25) is 0 Å². The van der Waals surface area contributed by atoms with Crippen LogP contribution in [-0.4, -0.2) is 60.7 Å². The van der Waals surface area contributed by atoms with Crippen LogP contribution in [0.25, 0.3) is 0 Å². The molecule has 2 saturated carbocycles. The van der Waals surface area contributed by atoms with Crippen molar-refractivity contribution in [1.29, 1.82) is 0 Å². The molecule has 1 aromatic heterocycles. The van der Waals surface area contributed by atoms with Crippen molar-refractivity contribution in [2.75, 3.05) is 13.1 Å². The maximum Gasteiger partial charge on any atom is 0.198 e. The molecular formula is C28H32N2O5. The number of aromatic nitrogens is 1. The maximum absolute atomic E-state index is 12.6. The number of ether oxygens (including phenoxy) is 1. The summed E-state index contributed by atoms with van der Waals surface area (Å²) in [4.78, 5) is 2.52. The summed E-state index contributed by atoms with van der Waals surface area (Å²) in [6.07, 6.45) is 9.97. The lowest BCUT2D eigenvalue weighted by Gasteiger charge is -2.64. The third kappa shape index (κ3) is 2.35. The van der Waals surface area contributed by atoms with Crippen molar-refractivity contribution < 1.29 is 25.2 Å². The fourth-order valence-electron chi connectivity index (χ4n) is 8.53. The predicted octanol–water partition coefficient (Wildman–Crippen LogP) is 3.07. The minimum atomic E-state index is -0.979. The predicted molar refractivity (Wildman–Crippen MR) is 128 cm³/mol. The van der Waals surface area contributed by atoms with E-state index in [0.29, 0.717) is 31.4 Å². The van der Waals surface area contributed by atoms with Crippen molar-refractivity contribution in [3.63, 3.8) is 0 Å². The molecule has 184 valence electrons. The number of benzene rings is 1. The highest BCUT2D eigenvalue weighted by Crippen LogP contribution is 2.67. The summed E-state index contributed by atoms with van der Waals surface area (Å²) in [6, 6.07) is 3.40. The standard InChI is InChI=1S/C28H32N2O5/c31-20-8-7-16-13-21-28(34)10-9-19(30-25(32)17-3-1-2-4-18(17)26(30)33)24-27(28,22(16)23(20)35-24)11-12-29(21)14-15-5-6-15/h1-2,7-8,15,19,21,24,31-34H,3-6,9-14H2/t19-,21-,24+,27+,28-/m1/s1. The SMILES string of the molecule is Oc1ccc2c3c1O[C@H]1[C@H](n4c(O)c5c(c4O)CC=CC5)CC[C@@]4(O)[C@@H](C2)N(CC2CC2)CC[C@]314. The highest BCUT2D eigenvalue weighted by Gasteiger charge is 2.73. The summed E-state index contributed by atoms with van der Waals surface area (Å²) in [7, 11) is 0. The van der Waals surface area contributed by atoms with Gasteiger partial charge in [-0.25, -0.2) is 0 Å². The first-order chi connectivity index (χ1) is 16.9. The van der Waals surface area contributed by atoms with Gasteiger partial charge in [0.1, 0.15) is 6.10 Å². The van der Waals surface area contributed by atoms with E-state index in [1.54, 1.807) is 10.6 Å². The van der Waals surface area contributed by atoms with Crippen LogP contribution in [0.1, 0.15) is 60.4 Å². The molecule has 0 amide bonds. The van der Waals surface area contributed by atoms with Gasteiger partial charge in [0.25, 0.3) is 0 Å². The van der Waals surface area contributed by atoms with Gasteiger partial charge in [-0.1, -0.05) is 18.2 Å². The number of hydrogen-bond acceptors (Lipinski definition) is 6. The van der Waals surface area contributed by atoms with Crippen LogP contribution in [-0.2, 0) is 24.7 Å². The number of nitrogens with zero attached hydrogens (tertiary/aromatic N) is 2. The van der Waals surface area contributed by atoms with E-state index in [4.69, 9.17) is 4.74 Å². The van der Waals surface area contributed by atoms with Gasteiger partial charge in [-0.15, -0.1) is 0 Å². The average Bonchev–Trinajstić information content (AvgIpc) is 3.54. The molecule has 5 atom stereocenters. The van der Waals surface area contributed by atoms with Crippen molar-refractivity contribution in [3.8, 4) is 23.3 Å². The van der Waals surface area contributed by atoms with Crippen LogP contribution in [0.5, 0.6) is 23.3 Å². The van der Waals surface area contributed by atoms with Crippen molar-refractivity contribution >= 4 is 0 Å². The van der Waals surface area contributed by atoms with Crippen molar-refractivity contribution in [2.24, 2.45) is 5.92 Å². The number of likely N-dealkylation sites (tertiary alicyclic amines) is 1. The lowest BCUT2D eigenvalue weighted by atomic mass is 9.48. The Labute approximate surface area is 204 Å². The van der Waals surface area contributed by atoms with Crippen LogP contribution in [0.15, 0.2) is 24.3 Å². The normalized spacial score (nSPS) is 36.5. The van der Waals surface area contributed by atoms with Gasteiger partial charge in [-0.2, -0.15) is 0 Å². The topological polar surface area (TPSA) is 98.3 Å². The fourth-order valence-corrected chi connectivity index (χ4v) is 8.53. The molecule has 0 unspecified atom stereocenters. The van der Waals surface area contributed by atoms with Crippen LogP contribution < -0.4 is 4.74 Å². The number of phenolic OH excluding ortho intramolecular Hbond substituents is 1. The Kier molecular flexibility index (Phi) is 3.85. The molecule has 4 aliphatic carbocycles. The van der Waals surface area contributed by atoms with E-state index in [1.807, 2.05) is 18.2 Å². The average molecular weight is 477 g/mol. The second-order valence-corrected chi connectivity index (χ2v) is 11.8. The number of aliphatic hydroxyl groups is 1. The molecule has 35 heavy (non-hydrogen) atoms. The number of aromatic hydroxyl groups is 3. The molecule has 1 spiro atoms. The lowest BCUT2D eigenvalue weighted by Crippen LogP contribution is -2.76. The Hall–Kier alpha value is -2.64. The lowest BCUT2D eigenvalue weighted by molar-refractivity contribution is -0.196. The molecular weight excluding hydrogens is 444 g/mol. The summed E-state index contributed by atoms with van der Waals surface area (Å²) in [5.41, 5.74) is 2.03. The number of piperidine rings is 1. The molecule has 4 N–H and O–H groups in total. The van der Waals surface area contributed by atoms with Gasteiger partial charge in [0.15, 0.2) is 23.3 Å². The third-order valence-corrected chi connectivity index (χ3v) is 10.2. The van der Waals surface area contributed by atoms with Gasteiger partial charge < -0.3 is 25.2 Å². The Morgan fingerprint density at radius 1 is 0.971 bits per heavy atom. The van der Waals surface area contributed by atoms with Gasteiger partial charge in [-0.05, 0) is 75.5 Å². The number of phenols is 1. The molecule has 1 saturated heterocycles. The minimum absolute atomic E-state index is 0.0103. The fraction of sp³-hybridized carbons (Fsp3) is 0.571. The zero-order chi connectivity index (χ0) is 23.7. The number of allylic oxidation sites excluding steroid dienone is 2. The smallest absolute Gasteiger partial charge is 0.198 e. The summed E-state index contributed by atoms with van der Waals surface area (Å²) in [5, 5.41) is 46.0. The van der Waals surface area contributed by atoms with E-state index < -0.39 is 17.1 Å². The second kappa shape index (κ2) is 6.56. The van der Waals surface area contributed by atoms with Crippen molar-refractivity contribution in [3.05, 3.63) is 46.5 Å². The number of hydrogen-bond donors (Lipinski definition) is 4. The minimum Gasteiger partial charge on any atom is -0.504 e. The molecule has 2 bridgehead atoms. The molecule has 6 aliphatic rings. The Bertz CT molecular complexity index is 1260. The van der Waals surface area contributed by atoms with E-state index >= 15 is 0 Å². The van der Waals surface area contributed by atoms with E-state index in [0.717, 1.165) is 54.1 Å². The first kappa shape index (κ1) is 20.5. The zero-order valence-electron chi connectivity index (χ0n) is 19.8. The Morgan fingerprint density at radius 2 is 1.71 bits per heavy atom. The molecule has 0 radical (unpaired) electrons. The highest BCUT2D eigenvalue weighted by molar-refractivity contribution is 5.63. The molecule has 8 rings (SSSR count). The second-order valence-electron chi connectivity index (χ2n) is 11.8. The van der Waals surface area contributed by atoms with Crippen LogP contribution in [0.3, 0.4) is 0 Å². The molecule has 1 aromatic carbocycles. The molecule has 7 nitrogen and oxygen atoms in total. The monoisotopic (exact) mass is 476 g/mol. The number of fused-ring (bicyclic) bond motifs is 1. The molecule has 3 heterocycles. The number of rotatable bonds is 3. The zero-order valence-corrected chi connectivity index (χ0v) is 19.8. The van der Waals surface area contributed by atoms with Crippen LogP contribution in [0.2, 0.25) is 0 Å². The molecule has 3 fully saturated rings. The van der Waals surface area contributed by atoms with Crippen LogP contribution in [0.4, 0.5) is 0 Å². The molecule has 7 heteroatoms. The molecule has 2 aliphatic heterocycles. The van der Waals surface area contributed by atoms with Gasteiger partial charge >= 0.3 is 0 Å². The highest BCUT2D eigenvalue weighted by atomic mass is 16.5. The first-order valence-corrected chi connectivity index (χ1v) is 13.2. The van der Waals surface area contributed by atoms with Crippen LogP contribution in [0, 0.1) is 5.92 Å². The summed E-state index contributed by atoms with van der Waals surface area (Å²) < 4.78 is 8.29. The van der Waals surface area contributed by atoms with Crippen molar-refractivity contribution in [1.82, 2.24) is 9.47 Å². The summed E-state index contributed by atoms with van der Waals surface area (Å²) >= 11 is 0. The van der Waals surface area contributed by atoms with Gasteiger partial charge in [0, 0.05) is 29.3 Å². The summed E-state index contributed by atoms with van der Waals surface area (Å²) in [6.45, 7) is 1.92. The van der Waals surface area contributed by atoms with E-state index in [9.17, 15) is 20.4 Å². The maximum atomic E-state index is 12.6. The Morgan fingerprint density at radius 3 is 2.43 bits per heavy atom.